The Morgan fingerprint density at radius 2 is 2.04 bits per heavy atom. The summed E-state index contributed by atoms with van der Waals surface area (Å²) >= 11 is 0. The monoisotopic (exact) mass is 331 g/mol. The smallest absolute Gasteiger partial charge is 0.240 e. The SMILES string of the molecule is COc1ccccc1CN(C)CC(=O)Nc1cc(C(C)(C)C)no1. The molecule has 0 aliphatic heterocycles. The molecule has 0 aliphatic carbocycles. The van der Waals surface area contributed by atoms with Gasteiger partial charge in [0.25, 0.3) is 0 Å². The molecule has 24 heavy (non-hydrogen) atoms. The summed E-state index contributed by atoms with van der Waals surface area (Å²) in [7, 11) is 3.52. The Morgan fingerprint density at radius 1 is 1.33 bits per heavy atom. The predicted octanol–water partition coefficient (Wildman–Crippen LogP) is 3.05. The fourth-order valence-electron chi connectivity index (χ4n) is 2.29. The van der Waals surface area contributed by atoms with E-state index in [-0.39, 0.29) is 17.9 Å². The van der Waals surface area contributed by atoms with Crippen molar-refractivity contribution in [2.24, 2.45) is 0 Å². The van der Waals surface area contributed by atoms with E-state index < -0.39 is 0 Å². The van der Waals surface area contributed by atoms with Gasteiger partial charge in [-0.3, -0.25) is 15.0 Å². The lowest BCUT2D eigenvalue weighted by Crippen LogP contribution is -2.29. The van der Waals surface area contributed by atoms with Crippen molar-refractivity contribution in [1.29, 1.82) is 0 Å². The van der Waals surface area contributed by atoms with Crippen LogP contribution in [0.15, 0.2) is 34.9 Å². The fourth-order valence-corrected chi connectivity index (χ4v) is 2.29. The summed E-state index contributed by atoms with van der Waals surface area (Å²) in [5, 5.41) is 6.73. The first kappa shape index (κ1) is 18.0. The van der Waals surface area contributed by atoms with Crippen molar-refractivity contribution in [3.8, 4) is 5.75 Å². The second-order valence-electron chi connectivity index (χ2n) is 6.86. The Balaban J connectivity index is 1.91. The average Bonchev–Trinajstić information content (AvgIpc) is 2.96. The summed E-state index contributed by atoms with van der Waals surface area (Å²) in [6.45, 7) is 6.97. The first-order chi connectivity index (χ1) is 11.3. The van der Waals surface area contributed by atoms with E-state index in [9.17, 15) is 4.79 Å². The van der Waals surface area contributed by atoms with Crippen LogP contribution in [-0.2, 0) is 16.8 Å². The lowest BCUT2D eigenvalue weighted by molar-refractivity contribution is -0.117. The summed E-state index contributed by atoms with van der Waals surface area (Å²) < 4.78 is 10.5. The molecule has 0 fully saturated rings. The number of carbonyl (C=O) groups is 1. The highest BCUT2D eigenvalue weighted by atomic mass is 16.5. The van der Waals surface area contributed by atoms with Gasteiger partial charge in [0.15, 0.2) is 0 Å². The Labute approximate surface area is 142 Å². The standard InChI is InChI=1S/C18H25N3O3/c1-18(2,3)15-10-17(24-20-15)19-16(22)12-21(4)11-13-8-6-7-9-14(13)23-5/h6-10H,11-12H2,1-5H3,(H,19,22). The Hall–Kier alpha value is -2.34. The van der Waals surface area contributed by atoms with Gasteiger partial charge in [0.1, 0.15) is 5.75 Å². The van der Waals surface area contributed by atoms with Crippen molar-refractivity contribution in [2.75, 3.05) is 26.0 Å². The van der Waals surface area contributed by atoms with Crippen molar-refractivity contribution < 1.29 is 14.1 Å². The molecule has 0 saturated heterocycles. The molecule has 1 aromatic carbocycles. The van der Waals surface area contributed by atoms with Crippen LogP contribution in [0.3, 0.4) is 0 Å². The average molecular weight is 331 g/mol. The largest absolute Gasteiger partial charge is 0.496 e. The first-order valence-corrected chi connectivity index (χ1v) is 7.87. The second-order valence-corrected chi connectivity index (χ2v) is 6.86. The van der Waals surface area contributed by atoms with Crippen molar-refractivity contribution in [3.63, 3.8) is 0 Å². The summed E-state index contributed by atoms with van der Waals surface area (Å²) in [6, 6.07) is 9.53. The molecular formula is C18H25N3O3. The fraction of sp³-hybridized carbons (Fsp3) is 0.444. The van der Waals surface area contributed by atoms with Crippen molar-refractivity contribution in [3.05, 3.63) is 41.6 Å². The van der Waals surface area contributed by atoms with Gasteiger partial charge in [-0.25, -0.2) is 0 Å². The van der Waals surface area contributed by atoms with E-state index in [1.807, 2.05) is 57.0 Å². The molecule has 0 saturated carbocycles. The second kappa shape index (κ2) is 7.49. The zero-order valence-corrected chi connectivity index (χ0v) is 14.9. The van der Waals surface area contributed by atoms with Crippen LogP contribution < -0.4 is 10.1 Å². The van der Waals surface area contributed by atoms with E-state index in [4.69, 9.17) is 9.26 Å². The van der Waals surface area contributed by atoms with Gasteiger partial charge in [-0.15, -0.1) is 0 Å². The highest BCUT2D eigenvalue weighted by molar-refractivity contribution is 5.90. The Bertz CT molecular complexity index is 689. The highest BCUT2D eigenvalue weighted by Crippen LogP contribution is 2.23. The van der Waals surface area contributed by atoms with Gasteiger partial charge in [0, 0.05) is 23.6 Å². The third kappa shape index (κ3) is 4.83. The van der Waals surface area contributed by atoms with Gasteiger partial charge in [0.05, 0.1) is 19.3 Å². The molecule has 0 unspecified atom stereocenters. The maximum Gasteiger partial charge on any atom is 0.240 e. The number of aromatic nitrogens is 1. The number of hydrogen-bond acceptors (Lipinski definition) is 5. The molecular weight excluding hydrogens is 306 g/mol. The molecule has 6 heteroatoms. The summed E-state index contributed by atoms with van der Waals surface area (Å²) in [5.74, 6) is 1.04. The lowest BCUT2D eigenvalue weighted by atomic mass is 9.92. The zero-order valence-electron chi connectivity index (χ0n) is 14.9. The maximum atomic E-state index is 12.2. The van der Waals surface area contributed by atoms with E-state index in [0.717, 1.165) is 17.0 Å². The van der Waals surface area contributed by atoms with E-state index in [0.29, 0.717) is 12.4 Å². The van der Waals surface area contributed by atoms with Gasteiger partial charge in [0.2, 0.25) is 11.8 Å². The molecule has 0 spiro atoms. The number of carbonyl (C=O) groups excluding carboxylic acids is 1. The van der Waals surface area contributed by atoms with E-state index in [1.54, 1.807) is 13.2 Å². The predicted molar refractivity (Wildman–Crippen MR) is 93.2 cm³/mol. The third-order valence-corrected chi connectivity index (χ3v) is 3.59. The number of ether oxygens (including phenoxy) is 1. The minimum Gasteiger partial charge on any atom is -0.496 e. The number of methoxy groups -OCH3 is 1. The molecule has 6 nitrogen and oxygen atoms in total. The van der Waals surface area contributed by atoms with Crippen LogP contribution in [0.4, 0.5) is 5.88 Å². The minimum atomic E-state index is -0.149. The number of nitrogens with one attached hydrogen (secondary N) is 1. The number of rotatable bonds is 6. The van der Waals surface area contributed by atoms with Crippen LogP contribution in [0, 0.1) is 0 Å². The van der Waals surface area contributed by atoms with Crippen molar-refractivity contribution in [1.82, 2.24) is 10.1 Å². The van der Waals surface area contributed by atoms with Gasteiger partial charge < -0.3 is 9.26 Å². The van der Waals surface area contributed by atoms with Crippen molar-refractivity contribution >= 4 is 11.8 Å². The normalized spacial score (nSPS) is 11.6. The summed E-state index contributed by atoms with van der Waals surface area (Å²) in [6.07, 6.45) is 0. The van der Waals surface area contributed by atoms with Gasteiger partial charge in [-0.1, -0.05) is 44.1 Å². The van der Waals surface area contributed by atoms with Crippen LogP contribution in [0.25, 0.3) is 0 Å². The van der Waals surface area contributed by atoms with Gasteiger partial charge >= 0.3 is 0 Å². The molecule has 0 aliphatic rings. The maximum absolute atomic E-state index is 12.2. The topological polar surface area (TPSA) is 67.6 Å². The molecule has 1 aromatic heterocycles. The quantitative estimate of drug-likeness (QED) is 0.881. The zero-order chi connectivity index (χ0) is 17.7. The molecule has 1 amide bonds. The Morgan fingerprint density at radius 3 is 2.67 bits per heavy atom. The summed E-state index contributed by atoms with van der Waals surface area (Å²) in [5.41, 5.74) is 1.72. The van der Waals surface area contributed by atoms with E-state index in [2.05, 4.69) is 10.5 Å². The molecule has 1 N–H and O–H groups in total. The first-order valence-electron chi connectivity index (χ1n) is 7.87. The van der Waals surface area contributed by atoms with Gasteiger partial charge in [-0.05, 0) is 13.1 Å². The minimum absolute atomic E-state index is 0.118. The van der Waals surface area contributed by atoms with Crippen LogP contribution >= 0.6 is 0 Å². The number of amides is 1. The summed E-state index contributed by atoms with van der Waals surface area (Å²) in [4.78, 5) is 14.1. The molecule has 2 rings (SSSR count). The molecule has 0 radical (unpaired) electrons. The number of benzene rings is 1. The molecule has 1 heterocycles. The van der Waals surface area contributed by atoms with Crippen LogP contribution in [0.1, 0.15) is 32.0 Å². The molecule has 130 valence electrons. The lowest BCUT2D eigenvalue weighted by Gasteiger charge is -2.17. The number of para-hydroxylation sites is 1. The molecule has 0 atom stereocenters. The molecule has 0 bridgehead atoms. The molecule has 2 aromatic rings. The van der Waals surface area contributed by atoms with E-state index in [1.165, 1.54) is 0 Å². The van der Waals surface area contributed by atoms with Crippen LogP contribution in [-0.4, -0.2) is 36.7 Å². The van der Waals surface area contributed by atoms with Crippen LogP contribution in [0.5, 0.6) is 5.75 Å². The number of likely N-dealkylation sites (N-methyl/N-ethyl adjacent to an activating group) is 1. The van der Waals surface area contributed by atoms with Gasteiger partial charge in [-0.2, -0.15) is 0 Å². The number of anilines is 1. The third-order valence-electron chi connectivity index (χ3n) is 3.59. The van der Waals surface area contributed by atoms with Crippen LogP contribution in [0.2, 0.25) is 0 Å². The van der Waals surface area contributed by atoms with E-state index >= 15 is 0 Å². The highest BCUT2D eigenvalue weighted by Gasteiger charge is 2.20. The van der Waals surface area contributed by atoms with Crippen molar-refractivity contribution in [2.45, 2.75) is 32.7 Å². The number of nitrogens with zero attached hydrogens (tertiary/aromatic N) is 2. The number of hydrogen-bond donors (Lipinski definition) is 1. The Kier molecular flexibility index (Phi) is 5.62.